The second kappa shape index (κ2) is 6.76. The highest BCUT2D eigenvalue weighted by Gasteiger charge is 2.24. The van der Waals surface area contributed by atoms with Gasteiger partial charge in [-0.1, -0.05) is 6.07 Å². The van der Waals surface area contributed by atoms with Crippen molar-refractivity contribution in [2.24, 2.45) is 0 Å². The molecule has 0 N–H and O–H groups in total. The fraction of sp³-hybridized carbons (Fsp3) is 0.438. The second-order valence-electron chi connectivity index (χ2n) is 5.85. The summed E-state index contributed by atoms with van der Waals surface area (Å²) in [5, 5.41) is 1.87. The van der Waals surface area contributed by atoms with Crippen LogP contribution in [0.5, 0.6) is 0 Å². The van der Waals surface area contributed by atoms with E-state index in [1.165, 1.54) is 34.1 Å². The number of nitrogens with zero attached hydrogens (tertiary/aromatic N) is 2. The summed E-state index contributed by atoms with van der Waals surface area (Å²) in [5.74, 6) is -1.21. The third-order valence-electron chi connectivity index (χ3n) is 3.81. The lowest BCUT2D eigenvalue weighted by Gasteiger charge is -2.35. The minimum atomic E-state index is -0.607. The van der Waals surface area contributed by atoms with E-state index in [1.54, 1.807) is 0 Å². The third-order valence-corrected chi connectivity index (χ3v) is 5.05. The summed E-state index contributed by atoms with van der Waals surface area (Å²) in [6.45, 7) is 6.21. The predicted octanol–water partition coefficient (Wildman–Crippen LogP) is 4.16. The Morgan fingerprint density at radius 3 is 2.43 bits per heavy atom. The van der Waals surface area contributed by atoms with Gasteiger partial charge in [-0.05, 0) is 38.2 Å². The molecule has 0 spiro atoms. The lowest BCUT2D eigenvalue weighted by Crippen LogP contribution is -2.45. The number of thiazole rings is 1. The first kappa shape index (κ1) is 16.7. The van der Waals surface area contributed by atoms with Crippen molar-refractivity contribution in [3.05, 3.63) is 44.9 Å². The van der Waals surface area contributed by atoms with Crippen molar-refractivity contribution >= 4 is 23.6 Å². The van der Waals surface area contributed by atoms with Gasteiger partial charge in [-0.15, -0.1) is 11.3 Å². The summed E-state index contributed by atoms with van der Waals surface area (Å²) < 4.78 is 36.0. The Morgan fingerprint density at radius 2 is 1.83 bits per heavy atom. The van der Waals surface area contributed by atoms with E-state index >= 15 is 0 Å². The number of hydrogen-bond donors (Lipinski definition) is 0. The lowest BCUT2D eigenvalue weighted by molar-refractivity contribution is -0.0708. The molecule has 1 aromatic heterocycles. The van der Waals surface area contributed by atoms with Crippen molar-refractivity contribution in [3.63, 3.8) is 0 Å². The molecule has 0 saturated carbocycles. The molecule has 1 fully saturated rings. The Kier molecular flexibility index (Phi) is 4.91. The van der Waals surface area contributed by atoms with E-state index in [0.29, 0.717) is 10.5 Å². The van der Waals surface area contributed by atoms with E-state index in [9.17, 15) is 8.78 Å². The van der Waals surface area contributed by atoms with Gasteiger partial charge in [0.25, 0.3) is 0 Å². The molecule has 23 heavy (non-hydrogen) atoms. The van der Waals surface area contributed by atoms with Crippen LogP contribution in [0, 0.1) is 15.6 Å². The van der Waals surface area contributed by atoms with E-state index in [4.69, 9.17) is 17.0 Å². The van der Waals surface area contributed by atoms with Gasteiger partial charge >= 0.3 is 0 Å². The summed E-state index contributed by atoms with van der Waals surface area (Å²) in [6, 6.07) is 3.86. The molecule has 3 rings (SSSR count). The molecule has 2 atom stereocenters. The quantitative estimate of drug-likeness (QED) is 0.769. The molecule has 0 bridgehead atoms. The molecule has 3 nitrogen and oxygen atoms in total. The van der Waals surface area contributed by atoms with Gasteiger partial charge in [-0.2, -0.15) is 0 Å². The highest BCUT2D eigenvalue weighted by molar-refractivity contribution is 7.73. The number of hydrogen-bond acceptors (Lipinski definition) is 4. The average molecular weight is 356 g/mol. The van der Waals surface area contributed by atoms with Crippen molar-refractivity contribution in [1.29, 1.82) is 0 Å². The summed E-state index contributed by atoms with van der Waals surface area (Å²) in [4.78, 5) is 2.23. The van der Waals surface area contributed by atoms with Crippen LogP contribution in [-0.2, 0) is 11.3 Å². The van der Waals surface area contributed by atoms with Crippen molar-refractivity contribution in [1.82, 2.24) is 9.47 Å². The molecule has 0 unspecified atom stereocenters. The van der Waals surface area contributed by atoms with E-state index in [-0.39, 0.29) is 17.9 Å². The first-order chi connectivity index (χ1) is 11.0. The molecule has 1 aliphatic rings. The minimum Gasteiger partial charge on any atom is -0.373 e. The summed E-state index contributed by atoms with van der Waals surface area (Å²) in [6.07, 6.45) is 0.276. The van der Waals surface area contributed by atoms with Gasteiger partial charge in [-0.25, -0.2) is 8.78 Å². The second-order valence-corrected chi connectivity index (χ2v) is 7.35. The monoisotopic (exact) mass is 356 g/mol. The number of ether oxygens (including phenoxy) is 1. The summed E-state index contributed by atoms with van der Waals surface area (Å²) >= 11 is 6.61. The van der Waals surface area contributed by atoms with Crippen LogP contribution in [0.3, 0.4) is 0 Å². The maximum Gasteiger partial charge on any atom is 0.166 e. The first-order valence-electron chi connectivity index (χ1n) is 7.47. The maximum atomic E-state index is 14.1. The molecular weight excluding hydrogens is 338 g/mol. The largest absolute Gasteiger partial charge is 0.373 e. The molecule has 7 heteroatoms. The molecule has 1 aliphatic heterocycles. The van der Waals surface area contributed by atoms with Gasteiger partial charge in [0.15, 0.2) is 3.95 Å². The Morgan fingerprint density at radius 1 is 1.22 bits per heavy atom. The molecule has 2 heterocycles. The van der Waals surface area contributed by atoms with Gasteiger partial charge in [0, 0.05) is 30.7 Å². The zero-order valence-corrected chi connectivity index (χ0v) is 14.6. The Bertz CT molecular complexity index is 729. The number of rotatable bonds is 3. The van der Waals surface area contributed by atoms with Gasteiger partial charge in [0.1, 0.15) is 17.3 Å². The highest BCUT2D eigenvalue weighted by Crippen LogP contribution is 2.25. The predicted molar refractivity (Wildman–Crippen MR) is 89.7 cm³/mol. The highest BCUT2D eigenvalue weighted by atomic mass is 32.1. The molecule has 0 radical (unpaired) electrons. The topological polar surface area (TPSA) is 17.4 Å². The molecule has 0 aliphatic carbocycles. The van der Waals surface area contributed by atoms with Gasteiger partial charge in [0.05, 0.1) is 12.2 Å². The van der Waals surface area contributed by atoms with Crippen LogP contribution in [0.1, 0.15) is 19.5 Å². The molecule has 2 aromatic rings. The maximum absolute atomic E-state index is 14.1. The average Bonchev–Trinajstić information content (AvgIpc) is 2.79. The molecular formula is C16H18F2N2OS2. The van der Waals surface area contributed by atoms with Crippen LogP contribution in [0.2, 0.25) is 0 Å². The SMILES string of the molecule is C[C@@H]1CN(Cc2csc(=S)n2-c2c(F)cccc2F)C[C@@H](C)O1. The number of aromatic nitrogens is 1. The zero-order chi connectivity index (χ0) is 16.6. The summed E-state index contributed by atoms with van der Waals surface area (Å²) in [5.41, 5.74) is 0.702. The van der Waals surface area contributed by atoms with E-state index < -0.39 is 11.6 Å². The van der Waals surface area contributed by atoms with Crippen LogP contribution in [0.25, 0.3) is 5.69 Å². The van der Waals surface area contributed by atoms with E-state index in [2.05, 4.69) is 4.90 Å². The Hall–Kier alpha value is -1.15. The number of morpholine rings is 1. The fourth-order valence-electron chi connectivity index (χ4n) is 3.03. The van der Waals surface area contributed by atoms with Crippen LogP contribution in [0.4, 0.5) is 8.78 Å². The van der Waals surface area contributed by atoms with Crippen molar-refractivity contribution < 1.29 is 13.5 Å². The van der Waals surface area contributed by atoms with Crippen molar-refractivity contribution in [2.45, 2.75) is 32.6 Å². The standard InChI is InChI=1S/C16H18F2N2OS2/c1-10-6-19(7-11(2)21-10)8-12-9-23-16(22)20(12)15-13(17)4-3-5-14(15)18/h3-5,9-11H,6-8H2,1-2H3/t10-,11-/m1/s1. The third kappa shape index (κ3) is 3.52. The molecule has 1 aromatic carbocycles. The Labute approximate surface area is 143 Å². The number of benzene rings is 1. The van der Waals surface area contributed by atoms with E-state index in [0.717, 1.165) is 18.8 Å². The van der Waals surface area contributed by atoms with Crippen LogP contribution < -0.4 is 0 Å². The minimum absolute atomic E-state index is 0.0943. The lowest BCUT2D eigenvalue weighted by atomic mass is 10.2. The van der Waals surface area contributed by atoms with Crippen LogP contribution >= 0.6 is 23.6 Å². The normalized spacial score (nSPS) is 22.4. The molecule has 124 valence electrons. The molecule has 1 saturated heterocycles. The van der Waals surface area contributed by atoms with Gasteiger partial charge in [-0.3, -0.25) is 9.47 Å². The van der Waals surface area contributed by atoms with Crippen LogP contribution in [0.15, 0.2) is 23.6 Å². The first-order valence-corrected chi connectivity index (χ1v) is 8.76. The van der Waals surface area contributed by atoms with Crippen molar-refractivity contribution in [2.75, 3.05) is 13.1 Å². The number of para-hydroxylation sites is 1. The van der Waals surface area contributed by atoms with Gasteiger partial charge in [0.2, 0.25) is 0 Å². The zero-order valence-electron chi connectivity index (χ0n) is 13.0. The van der Waals surface area contributed by atoms with E-state index in [1.807, 2.05) is 19.2 Å². The smallest absolute Gasteiger partial charge is 0.166 e. The summed E-state index contributed by atoms with van der Waals surface area (Å²) in [7, 11) is 0. The van der Waals surface area contributed by atoms with Gasteiger partial charge < -0.3 is 4.74 Å². The van der Waals surface area contributed by atoms with Crippen LogP contribution in [-0.4, -0.2) is 34.8 Å². The molecule has 0 amide bonds. The Balaban J connectivity index is 1.95. The number of halogens is 2. The van der Waals surface area contributed by atoms with Crippen molar-refractivity contribution in [3.8, 4) is 5.69 Å². The fourth-order valence-corrected chi connectivity index (χ4v) is 4.11.